The van der Waals surface area contributed by atoms with E-state index >= 15 is 0 Å². The van der Waals surface area contributed by atoms with Gasteiger partial charge in [0.25, 0.3) is 5.91 Å². The molecule has 7 heteroatoms. The summed E-state index contributed by atoms with van der Waals surface area (Å²) in [6.45, 7) is 4.68. The van der Waals surface area contributed by atoms with Crippen LogP contribution in [-0.4, -0.2) is 23.1 Å². The van der Waals surface area contributed by atoms with Gasteiger partial charge in [-0.2, -0.15) is 5.26 Å². The second-order valence-corrected chi connectivity index (χ2v) is 4.93. The number of anilines is 1. The number of hydrogen-bond acceptors (Lipinski definition) is 6. The lowest BCUT2D eigenvalue weighted by atomic mass is 10.2. The zero-order valence-electron chi connectivity index (χ0n) is 12.9. The Hall–Kier alpha value is -3.14. The molecule has 0 aliphatic heterocycles. The Balaban J connectivity index is 1.99. The molecule has 0 fully saturated rings. The molecule has 0 aliphatic rings. The Labute approximate surface area is 132 Å². The number of nitriles is 1. The molecule has 1 aromatic heterocycles. The van der Waals surface area contributed by atoms with Gasteiger partial charge in [-0.1, -0.05) is 5.16 Å². The fraction of sp³-hybridized carbons (Fsp3) is 0.250. The van der Waals surface area contributed by atoms with Gasteiger partial charge in [0, 0.05) is 5.69 Å². The minimum atomic E-state index is -0.994. The lowest BCUT2D eigenvalue weighted by Gasteiger charge is -2.13. The summed E-state index contributed by atoms with van der Waals surface area (Å²) in [6.07, 6.45) is -0.994. The molecule has 1 amide bonds. The molecule has 2 rings (SSSR count). The highest BCUT2D eigenvalue weighted by Crippen LogP contribution is 2.15. The largest absolute Gasteiger partial charge is 0.449 e. The number of amides is 1. The lowest BCUT2D eigenvalue weighted by molar-refractivity contribution is -0.123. The Kier molecular flexibility index (Phi) is 4.76. The molecule has 0 aliphatic carbocycles. The summed E-state index contributed by atoms with van der Waals surface area (Å²) in [4.78, 5) is 24.1. The molecule has 0 bridgehead atoms. The van der Waals surface area contributed by atoms with Crippen LogP contribution >= 0.6 is 0 Å². The molecule has 1 N–H and O–H groups in total. The number of carbonyl (C=O) groups is 2. The number of esters is 1. The fourth-order valence-electron chi connectivity index (χ4n) is 1.92. The molecule has 0 spiro atoms. The number of hydrogen-bond donors (Lipinski definition) is 1. The number of nitrogens with zero attached hydrogens (tertiary/aromatic N) is 2. The van der Waals surface area contributed by atoms with Crippen molar-refractivity contribution >= 4 is 17.6 Å². The molecule has 118 valence electrons. The van der Waals surface area contributed by atoms with Gasteiger partial charge >= 0.3 is 5.97 Å². The van der Waals surface area contributed by atoms with Crippen LogP contribution in [0.2, 0.25) is 0 Å². The second kappa shape index (κ2) is 6.75. The van der Waals surface area contributed by atoms with Crippen LogP contribution in [0.4, 0.5) is 5.69 Å². The predicted octanol–water partition coefficient (Wildman–Crippen LogP) is 2.35. The first-order valence-corrected chi connectivity index (χ1v) is 6.87. The Bertz CT molecular complexity index is 752. The molecule has 1 atom stereocenters. The average molecular weight is 313 g/mol. The van der Waals surface area contributed by atoms with Crippen molar-refractivity contribution in [2.24, 2.45) is 0 Å². The smallest absolute Gasteiger partial charge is 0.344 e. The maximum Gasteiger partial charge on any atom is 0.344 e. The third-order valence-corrected chi connectivity index (χ3v) is 3.17. The van der Waals surface area contributed by atoms with Crippen LogP contribution in [0.5, 0.6) is 0 Å². The molecule has 0 unspecified atom stereocenters. The summed E-state index contributed by atoms with van der Waals surface area (Å²) in [7, 11) is 0. The van der Waals surface area contributed by atoms with Gasteiger partial charge in [0.05, 0.1) is 17.3 Å². The van der Waals surface area contributed by atoms with Gasteiger partial charge in [-0.05, 0) is 45.0 Å². The molecule has 7 nitrogen and oxygen atoms in total. The highest BCUT2D eigenvalue weighted by molar-refractivity contribution is 5.98. The van der Waals surface area contributed by atoms with Crippen molar-refractivity contribution in [2.75, 3.05) is 5.32 Å². The van der Waals surface area contributed by atoms with Gasteiger partial charge in [0.15, 0.2) is 6.10 Å². The normalized spacial score (nSPS) is 11.4. The van der Waals surface area contributed by atoms with Gasteiger partial charge < -0.3 is 14.6 Å². The molecule has 0 saturated heterocycles. The first-order chi connectivity index (χ1) is 10.9. The van der Waals surface area contributed by atoms with Crippen LogP contribution in [0.15, 0.2) is 28.8 Å². The number of rotatable bonds is 4. The molecular formula is C16H15N3O4. The summed E-state index contributed by atoms with van der Waals surface area (Å²) in [5, 5.41) is 15.0. The van der Waals surface area contributed by atoms with E-state index in [4.69, 9.17) is 14.5 Å². The van der Waals surface area contributed by atoms with Crippen LogP contribution in [-0.2, 0) is 9.53 Å². The van der Waals surface area contributed by atoms with E-state index in [-0.39, 0.29) is 5.56 Å². The molecule has 1 heterocycles. The van der Waals surface area contributed by atoms with Gasteiger partial charge in [0.2, 0.25) is 0 Å². The van der Waals surface area contributed by atoms with Crippen LogP contribution in [0, 0.1) is 25.2 Å². The minimum absolute atomic E-state index is 0.225. The number of ether oxygens (including phenoxy) is 1. The quantitative estimate of drug-likeness (QED) is 0.869. The Morgan fingerprint density at radius 2 is 1.96 bits per heavy atom. The summed E-state index contributed by atoms with van der Waals surface area (Å²) in [5.74, 6) is -0.800. The fourth-order valence-corrected chi connectivity index (χ4v) is 1.92. The minimum Gasteiger partial charge on any atom is -0.449 e. The van der Waals surface area contributed by atoms with Crippen molar-refractivity contribution in [1.82, 2.24) is 5.16 Å². The summed E-state index contributed by atoms with van der Waals surface area (Å²) in [5.41, 5.74) is 1.63. The number of nitrogens with one attached hydrogen (secondary N) is 1. The summed E-state index contributed by atoms with van der Waals surface area (Å²) < 4.78 is 10.0. The van der Waals surface area contributed by atoms with Crippen molar-refractivity contribution < 1.29 is 18.8 Å². The van der Waals surface area contributed by atoms with Gasteiger partial charge in [-0.3, -0.25) is 4.79 Å². The molecule has 1 aromatic carbocycles. The number of benzene rings is 1. The monoisotopic (exact) mass is 313 g/mol. The summed E-state index contributed by atoms with van der Waals surface area (Å²) >= 11 is 0. The molecule has 23 heavy (non-hydrogen) atoms. The second-order valence-electron chi connectivity index (χ2n) is 4.93. The van der Waals surface area contributed by atoms with Gasteiger partial charge in [-0.25, -0.2) is 4.79 Å². The number of aromatic nitrogens is 1. The molecule has 0 radical (unpaired) electrons. The maximum absolute atomic E-state index is 12.1. The van der Waals surface area contributed by atoms with E-state index < -0.39 is 18.0 Å². The summed E-state index contributed by atoms with van der Waals surface area (Å²) in [6, 6.07) is 8.34. The van der Waals surface area contributed by atoms with E-state index in [1.807, 2.05) is 6.07 Å². The lowest BCUT2D eigenvalue weighted by Crippen LogP contribution is -2.30. The molecular weight excluding hydrogens is 298 g/mol. The topological polar surface area (TPSA) is 105 Å². The van der Waals surface area contributed by atoms with Crippen molar-refractivity contribution in [3.8, 4) is 6.07 Å². The third-order valence-electron chi connectivity index (χ3n) is 3.17. The first-order valence-electron chi connectivity index (χ1n) is 6.87. The molecule has 2 aromatic rings. The third kappa shape index (κ3) is 3.74. The number of carbonyl (C=O) groups excluding carboxylic acids is 2. The van der Waals surface area contributed by atoms with Crippen molar-refractivity contribution in [3.63, 3.8) is 0 Å². The van der Waals surface area contributed by atoms with Crippen LogP contribution in [0.25, 0.3) is 0 Å². The highest BCUT2D eigenvalue weighted by Gasteiger charge is 2.24. The number of aryl methyl sites for hydroxylation is 2. The standard InChI is InChI=1S/C16H15N3O4/c1-9-14(10(2)23-19-9)16(21)22-11(3)15(20)18-13-6-4-12(8-17)5-7-13/h4-7,11H,1-3H3,(H,18,20)/t11-/m0/s1. The zero-order chi connectivity index (χ0) is 17.0. The van der Waals surface area contributed by atoms with Gasteiger partial charge in [0.1, 0.15) is 11.3 Å². The maximum atomic E-state index is 12.1. The van der Waals surface area contributed by atoms with E-state index in [2.05, 4.69) is 10.5 Å². The highest BCUT2D eigenvalue weighted by atomic mass is 16.5. The first kappa shape index (κ1) is 16.2. The Morgan fingerprint density at radius 1 is 1.30 bits per heavy atom. The van der Waals surface area contributed by atoms with Gasteiger partial charge in [-0.15, -0.1) is 0 Å². The van der Waals surface area contributed by atoms with Crippen LogP contribution < -0.4 is 5.32 Å². The van der Waals surface area contributed by atoms with E-state index in [1.165, 1.54) is 6.92 Å². The molecule has 0 saturated carbocycles. The van der Waals surface area contributed by atoms with E-state index in [0.717, 1.165) is 0 Å². The van der Waals surface area contributed by atoms with Crippen molar-refractivity contribution in [2.45, 2.75) is 26.9 Å². The average Bonchev–Trinajstić information content (AvgIpc) is 2.86. The predicted molar refractivity (Wildman–Crippen MR) is 80.6 cm³/mol. The van der Waals surface area contributed by atoms with E-state index in [1.54, 1.807) is 38.1 Å². The van der Waals surface area contributed by atoms with Crippen LogP contribution in [0.1, 0.15) is 34.3 Å². The SMILES string of the molecule is Cc1noc(C)c1C(=O)O[C@@H](C)C(=O)Nc1ccc(C#N)cc1. The Morgan fingerprint density at radius 3 is 2.48 bits per heavy atom. The van der Waals surface area contributed by atoms with Crippen molar-refractivity contribution in [3.05, 3.63) is 46.8 Å². The van der Waals surface area contributed by atoms with Crippen LogP contribution in [0.3, 0.4) is 0 Å². The zero-order valence-corrected chi connectivity index (χ0v) is 12.9. The van der Waals surface area contributed by atoms with E-state index in [0.29, 0.717) is 22.7 Å². The van der Waals surface area contributed by atoms with Crippen molar-refractivity contribution in [1.29, 1.82) is 5.26 Å². The van der Waals surface area contributed by atoms with E-state index in [9.17, 15) is 9.59 Å².